The SMILES string of the molecule is Cn1c([N+](=O)[O-])cnc1C(S)c1nnco1. The topological polar surface area (TPSA) is 99.9 Å². The molecule has 0 spiro atoms. The zero-order chi connectivity index (χ0) is 11.7. The first-order chi connectivity index (χ1) is 7.61. The van der Waals surface area contributed by atoms with Crippen LogP contribution in [0.15, 0.2) is 17.0 Å². The van der Waals surface area contributed by atoms with Crippen molar-refractivity contribution in [1.29, 1.82) is 0 Å². The molecule has 1 unspecified atom stereocenters. The minimum Gasteiger partial charge on any atom is -0.426 e. The van der Waals surface area contributed by atoms with Crippen molar-refractivity contribution in [2.24, 2.45) is 7.05 Å². The smallest absolute Gasteiger partial charge is 0.342 e. The van der Waals surface area contributed by atoms with Gasteiger partial charge in [-0.3, -0.25) is 0 Å². The van der Waals surface area contributed by atoms with Crippen LogP contribution in [0.4, 0.5) is 5.82 Å². The summed E-state index contributed by atoms with van der Waals surface area (Å²) >= 11 is 4.22. The summed E-state index contributed by atoms with van der Waals surface area (Å²) in [7, 11) is 1.53. The molecule has 0 saturated carbocycles. The fourth-order valence-corrected chi connectivity index (χ4v) is 1.60. The Balaban J connectivity index is 2.38. The first-order valence-corrected chi connectivity index (χ1v) is 4.73. The molecule has 0 fully saturated rings. The Bertz CT molecular complexity index is 508. The molecule has 2 aromatic rings. The summed E-state index contributed by atoms with van der Waals surface area (Å²) in [6, 6.07) is 0. The molecule has 0 aliphatic rings. The highest BCUT2D eigenvalue weighted by molar-refractivity contribution is 7.80. The van der Waals surface area contributed by atoms with Gasteiger partial charge in [0.25, 0.3) is 0 Å². The average Bonchev–Trinajstić information content (AvgIpc) is 2.84. The van der Waals surface area contributed by atoms with E-state index in [2.05, 4.69) is 27.8 Å². The Hall–Kier alpha value is -1.90. The summed E-state index contributed by atoms with van der Waals surface area (Å²) in [4.78, 5) is 14.0. The van der Waals surface area contributed by atoms with E-state index in [9.17, 15) is 10.1 Å². The predicted molar refractivity (Wildman–Crippen MR) is 55.0 cm³/mol. The van der Waals surface area contributed by atoms with Gasteiger partial charge in [-0.25, -0.2) is 9.55 Å². The van der Waals surface area contributed by atoms with Crippen LogP contribution in [0.25, 0.3) is 0 Å². The maximum atomic E-state index is 10.6. The molecule has 1 atom stereocenters. The Labute approximate surface area is 94.9 Å². The van der Waals surface area contributed by atoms with Gasteiger partial charge in [-0.15, -0.1) is 10.2 Å². The Morgan fingerprint density at radius 1 is 1.69 bits per heavy atom. The first kappa shape index (κ1) is 10.6. The van der Waals surface area contributed by atoms with Crippen LogP contribution in [0, 0.1) is 10.1 Å². The van der Waals surface area contributed by atoms with Gasteiger partial charge >= 0.3 is 5.82 Å². The second kappa shape index (κ2) is 3.93. The first-order valence-electron chi connectivity index (χ1n) is 4.21. The number of thiol groups is 1. The standard InChI is InChI=1S/C7H7N5O3S/c1-11-4(12(13)14)2-8-6(11)5(16)7-10-9-3-15-7/h2-3,5,16H,1H3. The lowest BCUT2D eigenvalue weighted by Crippen LogP contribution is -2.05. The van der Waals surface area contributed by atoms with E-state index in [-0.39, 0.29) is 11.7 Å². The van der Waals surface area contributed by atoms with Crippen LogP contribution in [0.3, 0.4) is 0 Å². The van der Waals surface area contributed by atoms with E-state index in [1.807, 2.05) is 0 Å². The van der Waals surface area contributed by atoms with Gasteiger partial charge in [0.2, 0.25) is 18.1 Å². The molecule has 0 amide bonds. The molecular formula is C7H7N5O3S. The summed E-state index contributed by atoms with van der Waals surface area (Å²) in [5.41, 5.74) is 0. The van der Waals surface area contributed by atoms with E-state index in [0.29, 0.717) is 5.82 Å². The maximum Gasteiger partial charge on any atom is 0.342 e. The van der Waals surface area contributed by atoms with Crippen LogP contribution >= 0.6 is 12.6 Å². The summed E-state index contributed by atoms with van der Waals surface area (Å²) in [5, 5.41) is 17.2. The largest absolute Gasteiger partial charge is 0.426 e. The highest BCUT2D eigenvalue weighted by Crippen LogP contribution is 2.27. The number of aromatic nitrogens is 4. The summed E-state index contributed by atoms with van der Waals surface area (Å²) in [5.74, 6) is 0.500. The molecule has 0 radical (unpaired) electrons. The van der Waals surface area contributed by atoms with E-state index < -0.39 is 10.2 Å². The molecule has 0 bridgehead atoms. The van der Waals surface area contributed by atoms with Crippen LogP contribution in [0.1, 0.15) is 17.0 Å². The van der Waals surface area contributed by atoms with Crippen LogP contribution in [-0.4, -0.2) is 24.7 Å². The lowest BCUT2D eigenvalue weighted by molar-refractivity contribution is -0.391. The highest BCUT2D eigenvalue weighted by atomic mass is 32.1. The van der Waals surface area contributed by atoms with Crippen LogP contribution in [-0.2, 0) is 7.05 Å². The van der Waals surface area contributed by atoms with E-state index in [4.69, 9.17) is 4.42 Å². The second-order valence-corrected chi connectivity index (χ2v) is 3.49. The molecule has 16 heavy (non-hydrogen) atoms. The highest BCUT2D eigenvalue weighted by Gasteiger charge is 2.26. The number of rotatable bonds is 3. The molecule has 2 rings (SSSR count). The average molecular weight is 241 g/mol. The van der Waals surface area contributed by atoms with Crippen molar-refractivity contribution < 1.29 is 9.34 Å². The third-order valence-electron chi connectivity index (χ3n) is 2.04. The number of nitrogens with zero attached hydrogens (tertiary/aromatic N) is 5. The summed E-state index contributed by atoms with van der Waals surface area (Å²) in [6.07, 6.45) is 2.32. The molecule has 0 saturated heterocycles. The number of nitro groups is 1. The number of hydrogen-bond acceptors (Lipinski definition) is 7. The third-order valence-corrected chi connectivity index (χ3v) is 2.49. The molecule has 2 heterocycles. The van der Waals surface area contributed by atoms with E-state index in [1.54, 1.807) is 0 Å². The van der Waals surface area contributed by atoms with Crippen molar-refractivity contribution in [3.05, 3.63) is 34.4 Å². The third kappa shape index (κ3) is 1.65. The second-order valence-electron chi connectivity index (χ2n) is 2.97. The fourth-order valence-electron chi connectivity index (χ4n) is 1.25. The minimum absolute atomic E-state index is 0.117. The van der Waals surface area contributed by atoms with E-state index in [0.717, 1.165) is 12.6 Å². The van der Waals surface area contributed by atoms with Crippen LogP contribution in [0.5, 0.6) is 0 Å². The van der Waals surface area contributed by atoms with Gasteiger partial charge < -0.3 is 14.5 Å². The van der Waals surface area contributed by atoms with Crippen molar-refractivity contribution in [2.75, 3.05) is 0 Å². The van der Waals surface area contributed by atoms with E-state index in [1.165, 1.54) is 11.6 Å². The van der Waals surface area contributed by atoms with Crippen molar-refractivity contribution in [2.45, 2.75) is 5.25 Å². The van der Waals surface area contributed by atoms with Gasteiger partial charge in [0.1, 0.15) is 6.20 Å². The maximum absolute atomic E-state index is 10.6. The Kier molecular flexibility index (Phi) is 2.60. The van der Waals surface area contributed by atoms with Crippen molar-refractivity contribution in [1.82, 2.24) is 19.7 Å². The molecule has 0 N–H and O–H groups in total. The van der Waals surface area contributed by atoms with Gasteiger partial charge in [0.15, 0.2) is 5.25 Å². The predicted octanol–water partition coefficient (Wildman–Crippen LogP) is 0.730. The van der Waals surface area contributed by atoms with Crippen LogP contribution in [0.2, 0.25) is 0 Å². The van der Waals surface area contributed by atoms with E-state index >= 15 is 0 Å². The molecule has 84 valence electrons. The zero-order valence-electron chi connectivity index (χ0n) is 8.14. The van der Waals surface area contributed by atoms with Gasteiger partial charge in [0, 0.05) is 0 Å². The Morgan fingerprint density at radius 3 is 2.94 bits per heavy atom. The fraction of sp³-hybridized carbons (Fsp3) is 0.286. The van der Waals surface area contributed by atoms with Crippen LogP contribution < -0.4 is 0 Å². The van der Waals surface area contributed by atoms with Crippen molar-refractivity contribution in [3.63, 3.8) is 0 Å². The zero-order valence-corrected chi connectivity index (χ0v) is 9.03. The lowest BCUT2D eigenvalue weighted by atomic mass is 10.4. The Morgan fingerprint density at radius 2 is 2.44 bits per heavy atom. The molecule has 0 aliphatic carbocycles. The molecule has 0 aliphatic heterocycles. The minimum atomic E-state index is -0.582. The molecule has 8 nitrogen and oxygen atoms in total. The van der Waals surface area contributed by atoms with Gasteiger partial charge in [-0.1, -0.05) is 0 Å². The monoisotopic (exact) mass is 241 g/mol. The number of hydrogen-bond donors (Lipinski definition) is 1. The lowest BCUT2D eigenvalue weighted by Gasteiger charge is -2.02. The van der Waals surface area contributed by atoms with Crippen molar-refractivity contribution in [3.8, 4) is 0 Å². The summed E-state index contributed by atoms with van der Waals surface area (Å²) < 4.78 is 6.27. The number of imidazole rings is 1. The van der Waals surface area contributed by atoms with Gasteiger partial charge in [-0.05, 0) is 4.92 Å². The molecule has 2 aromatic heterocycles. The van der Waals surface area contributed by atoms with Gasteiger partial charge in [-0.2, -0.15) is 12.6 Å². The van der Waals surface area contributed by atoms with Gasteiger partial charge in [0.05, 0.1) is 7.05 Å². The quantitative estimate of drug-likeness (QED) is 0.483. The van der Waals surface area contributed by atoms with Crippen molar-refractivity contribution >= 4 is 18.4 Å². The molecular weight excluding hydrogens is 234 g/mol. The molecule has 9 heteroatoms. The molecule has 0 aromatic carbocycles. The normalized spacial score (nSPS) is 12.6. The summed E-state index contributed by atoms with van der Waals surface area (Å²) in [6.45, 7) is 0.